The zero-order chi connectivity index (χ0) is 24.9. The minimum Gasteiger partial charge on any atom is -0.459 e. The van der Waals surface area contributed by atoms with Crippen LogP contribution in [-0.4, -0.2) is 23.8 Å². The Balaban J connectivity index is 1.72. The minimum absolute atomic E-state index is 0.602. The lowest BCUT2D eigenvalue weighted by atomic mass is 9.98. The van der Waals surface area contributed by atoms with Crippen LogP contribution in [0.3, 0.4) is 0 Å². The van der Waals surface area contributed by atoms with Crippen molar-refractivity contribution in [3.05, 3.63) is 83.9 Å². The summed E-state index contributed by atoms with van der Waals surface area (Å²) >= 11 is 0. The molecule has 0 bridgehead atoms. The van der Waals surface area contributed by atoms with Gasteiger partial charge in [0.05, 0.1) is 0 Å². The number of ether oxygens (including phenoxy) is 2. The molecular formula is C28H29NO5. The van der Waals surface area contributed by atoms with Gasteiger partial charge in [0.15, 0.2) is 12.1 Å². The molecule has 6 nitrogen and oxygen atoms in total. The van der Waals surface area contributed by atoms with E-state index in [-0.39, 0.29) is 0 Å². The smallest absolute Gasteiger partial charge is 0.321 e. The summed E-state index contributed by atoms with van der Waals surface area (Å²) < 4.78 is 10.6. The highest BCUT2D eigenvalue weighted by Crippen LogP contribution is 2.27. The SMILES string of the molecule is CC(C(=O)OC(N)c1cccc(-c2ccc(-c3cccc(C=O)c3)cc2)c1)C(=O)OC(C)(C)C. The van der Waals surface area contributed by atoms with E-state index in [1.165, 1.54) is 6.92 Å². The summed E-state index contributed by atoms with van der Waals surface area (Å²) in [5.41, 5.74) is 10.4. The lowest BCUT2D eigenvalue weighted by molar-refractivity contribution is -0.170. The van der Waals surface area contributed by atoms with Crippen LogP contribution in [0, 0.1) is 5.92 Å². The quantitative estimate of drug-likeness (QED) is 0.223. The standard InChI is InChI=1S/C28H29NO5/c1-18(27(32)34-28(2,3)4)26(31)33-25(29)24-10-6-9-23(16-24)21-13-11-20(12-14-21)22-8-5-7-19(15-22)17-30/h5-18,25H,29H2,1-4H3. The number of esters is 2. The van der Waals surface area contributed by atoms with Crippen LogP contribution in [0.2, 0.25) is 0 Å². The van der Waals surface area contributed by atoms with Gasteiger partial charge in [-0.25, -0.2) is 0 Å². The van der Waals surface area contributed by atoms with Gasteiger partial charge >= 0.3 is 11.9 Å². The second-order valence-corrected chi connectivity index (χ2v) is 9.06. The zero-order valence-electron chi connectivity index (χ0n) is 19.8. The fraction of sp³-hybridized carbons (Fsp3) is 0.250. The van der Waals surface area contributed by atoms with Crippen molar-refractivity contribution in [1.82, 2.24) is 0 Å². The number of aldehydes is 1. The molecule has 0 fully saturated rings. The predicted octanol–water partition coefficient (Wildman–Crippen LogP) is 5.31. The summed E-state index contributed by atoms with van der Waals surface area (Å²) in [6.07, 6.45) is -0.198. The van der Waals surface area contributed by atoms with Crippen LogP contribution in [-0.2, 0) is 19.1 Å². The fourth-order valence-electron chi connectivity index (χ4n) is 3.32. The second kappa shape index (κ2) is 10.4. The Morgan fingerprint density at radius 2 is 1.38 bits per heavy atom. The second-order valence-electron chi connectivity index (χ2n) is 9.06. The Morgan fingerprint density at radius 1 is 0.824 bits per heavy atom. The number of hydrogen-bond donors (Lipinski definition) is 1. The number of carbonyl (C=O) groups excluding carboxylic acids is 3. The number of benzene rings is 3. The highest BCUT2D eigenvalue weighted by Gasteiger charge is 2.29. The van der Waals surface area contributed by atoms with E-state index in [9.17, 15) is 14.4 Å². The summed E-state index contributed by atoms with van der Waals surface area (Å²) in [5, 5.41) is 0. The summed E-state index contributed by atoms with van der Waals surface area (Å²) in [5.74, 6) is -2.48. The van der Waals surface area contributed by atoms with Crippen LogP contribution in [0.4, 0.5) is 0 Å². The highest BCUT2D eigenvalue weighted by atomic mass is 16.6. The molecule has 3 aromatic rings. The van der Waals surface area contributed by atoms with Crippen molar-refractivity contribution in [3.63, 3.8) is 0 Å². The van der Waals surface area contributed by atoms with E-state index in [4.69, 9.17) is 15.2 Å². The molecule has 0 aliphatic rings. The third kappa shape index (κ3) is 6.39. The summed E-state index contributed by atoms with van der Waals surface area (Å²) in [6.45, 7) is 6.63. The Morgan fingerprint density at radius 3 is 1.94 bits per heavy atom. The number of nitrogens with two attached hydrogens (primary N) is 1. The van der Waals surface area contributed by atoms with E-state index < -0.39 is 29.7 Å². The van der Waals surface area contributed by atoms with Crippen molar-refractivity contribution in [1.29, 1.82) is 0 Å². The summed E-state index contributed by atoms with van der Waals surface area (Å²) in [7, 11) is 0. The molecule has 6 heteroatoms. The Bertz CT molecular complexity index is 1180. The normalized spacial score (nSPS) is 13.0. The van der Waals surface area contributed by atoms with Gasteiger partial charge < -0.3 is 9.47 Å². The molecule has 3 rings (SSSR count). The van der Waals surface area contributed by atoms with Crippen molar-refractivity contribution < 1.29 is 23.9 Å². The van der Waals surface area contributed by atoms with Gasteiger partial charge in [0, 0.05) is 11.1 Å². The van der Waals surface area contributed by atoms with Crippen LogP contribution < -0.4 is 5.73 Å². The number of hydrogen-bond acceptors (Lipinski definition) is 6. The van der Waals surface area contributed by atoms with Gasteiger partial charge in [-0.2, -0.15) is 0 Å². The molecule has 2 N–H and O–H groups in total. The molecule has 0 aliphatic carbocycles. The maximum atomic E-state index is 12.4. The maximum Gasteiger partial charge on any atom is 0.321 e. The van der Waals surface area contributed by atoms with Gasteiger partial charge in [-0.05, 0) is 62.1 Å². The third-order valence-corrected chi connectivity index (χ3v) is 5.15. The van der Waals surface area contributed by atoms with Crippen molar-refractivity contribution >= 4 is 18.2 Å². The number of rotatable bonds is 7. The van der Waals surface area contributed by atoms with Crippen molar-refractivity contribution in [3.8, 4) is 22.3 Å². The van der Waals surface area contributed by atoms with E-state index in [1.54, 1.807) is 32.9 Å². The molecule has 0 aromatic heterocycles. The van der Waals surface area contributed by atoms with Crippen molar-refractivity contribution in [2.45, 2.75) is 39.5 Å². The molecule has 0 radical (unpaired) electrons. The summed E-state index contributed by atoms with van der Waals surface area (Å²) in [6, 6.07) is 22.7. The van der Waals surface area contributed by atoms with E-state index in [1.807, 2.05) is 60.7 Å². The van der Waals surface area contributed by atoms with Gasteiger partial charge in [0.2, 0.25) is 0 Å². The molecule has 0 saturated carbocycles. The molecule has 0 heterocycles. The molecule has 34 heavy (non-hydrogen) atoms. The largest absolute Gasteiger partial charge is 0.459 e. The van der Waals surface area contributed by atoms with Gasteiger partial charge in [-0.3, -0.25) is 20.1 Å². The van der Waals surface area contributed by atoms with Crippen LogP contribution in [0.25, 0.3) is 22.3 Å². The van der Waals surface area contributed by atoms with Gasteiger partial charge in [0.25, 0.3) is 0 Å². The third-order valence-electron chi connectivity index (χ3n) is 5.15. The molecule has 0 aliphatic heterocycles. The van der Waals surface area contributed by atoms with E-state index in [0.29, 0.717) is 11.1 Å². The monoisotopic (exact) mass is 459 g/mol. The summed E-state index contributed by atoms with van der Waals surface area (Å²) in [4.78, 5) is 35.6. The average molecular weight is 460 g/mol. The molecular weight excluding hydrogens is 430 g/mol. The molecule has 0 saturated heterocycles. The molecule has 176 valence electrons. The molecule has 2 unspecified atom stereocenters. The lowest BCUT2D eigenvalue weighted by Crippen LogP contribution is -2.33. The number of carbonyl (C=O) groups is 3. The first-order chi connectivity index (χ1) is 16.1. The van der Waals surface area contributed by atoms with E-state index >= 15 is 0 Å². The highest BCUT2D eigenvalue weighted by molar-refractivity contribution is 5.94. The topological polar surface area (TPSA) is 95.7 Å². The molecule has 3 aromatic carbocycles. The van der Waals surface area contributed by atoms with Crippen LogP contribution in [0.15, 0.2) is 72.8 Å². The lowest BCUT2D eigenvalue weighted by Gasteiger charge is -2.22. The first kappa shape index (κ1) is 24.9. The molecule has 0 spiro atoms. The average Bonchev–Trinajstić information content (AvgIpc) is 2.82. The van der Waals surface area contributed by atoms with Crippen molar-refractivity contribution in [2.75, 3.05) is 0 Å². The van der Waals surface area contributed by atoms with Crippen LogP contribution >= 0.6 is 0 Å². The zero-order valence-corrected chi connectivity index (χ0v) is 19.8. The van der Waals surface area contributed by atoms with Crippen molar-refractivity contribution in [2.24, 2.45) is 11.7 Å². The Kier molecular flexibility index (Phi) is 7.64. The minimum atomic E-state index is -1.08. The van der Waals surface area contributed by atoms with E-state index in [0.717, 1.165) is 28.5 Å². The maximum absolute atomic E-state index is 12.4. The molecule has 0 amide bonds. The fourth-order valence-corrected chi connectivity index (χ4v) is 3.32. The Hall–Kier alpha value is -3.77. The van der Waals surface area contributed by atoms with Crippen LogP contribution in [0.5, 0.6) is 0 Å². The van der Waals surface area contributed by atoms with Gasteiger partial charge in [0.1, 0.15) is 11.9 Å². The Labute approximate surface area is 199 Å². The predicted molar refractivity (Wildman–Crippen MR) is 131 cm³/mol. The first-order valence-corrected chi connectivity index (χ1v) is 11.0. The first-order valence-electron chi connectivity index (χ1n) is 11.0. The van der Waals surface area contributed by atoms with E-state index in [2.05, 4.69) is 0 Å². The van der Waals surface area contributed by atoms with Crippen LogP contribution in [0.1, 0.15) is 49.8 Å². The van der Waals surface area contributed by atoms with Gasteiger partial charge in [-0.1, -0.05) is 60.7 Å². The molecule has 2 atom stereocenters. The van der Waals surface area contributed by atoms with Gasteiger partial charge in [-0.15, -0.1) is 0 Å².